The highest BCUT2D eigenvalue weighted by molar-refractivity contribution is 5.86. The Hall–Kier alpha value is -1.51. The Morgan fingerprint density at radius 3 is 2.00 bits per heavy atom. The zero-order valence-corrected chi connectivity index (χ0v) is 7.24. The number of furan rings is 1. The molecule has 0 aromatic carbocycles. The van der Waals surface area contributed by atoms with E-state index in [4.69, 9.17) is 0 Å². The van der Waals surface area contributed by atoms with Gasteiger partial charge in [-0.3, -0.25) is 0 Å². The van der Waals surface area contributed by atoms with Crippen LogP contribution in [0, 0.1) is 0 Å². The lowest BCUT2D eigenvalue weighted by Crippen LogP contribution is -1.98. The number of ether oxygens (including phenoxy) is 1. The quantitative estimate of drug-likeness (QED) is 0.475. The maximum Gasteiger partial charge on any atom is 0.332 e. The summed E-state index contributed by atoms with van der Waals surface area (Å²) in [6.45, 7) is 4.95. The molecule has 0 aliphatic rings. The topological polar surface area (TPSA) is 39.4 Å². The number of carbonyl (C=O) groups excluding carboxylic acids is 1. The Kier molecular flexibility index (Phi) is 5.43. The minimum atomic E-state index is -0.347. The van der Waals surface area contributed by atoms with E-state index in [0.717, 1.165) is 0 Å². The van der Waals surface area contributed by atoms with Gasteiger partial charge in [-0.05, 0) is 19.1 Å². The predicted molar refractivity (Wildman–Crippen MR) is 45.5 cm³/mol. The Labute approximate surface area is 71.6 Å². The standard InChI is InChI=1S/C5H8O2.C4H4O/c1-4(2)5(6)7-3;1-2-4-5-3-1/h1H2,2-3H3;1-4H. The minimum absolute atomic E-state index is 0.347. The van der Waals surface area contributed by atoms with E-state index in [1.54, 1.807) is 19.5 Å². The van der Waals surface area contributed by atoms with Crippen molar-refractivity contribution in [2.24, 2.45) is 0 Å². The highest BCUT2D eigenvalue weighted by atomic mass is 16.5. The molecule has 1 aromatic rings. The summed E-state index contributed by atoms with van der Waals surface area (Å²) in [7, 11) is 1.33. The van der Waals surface area contributed by atoms with Crippen molar-refractivity contribution in [1.29, 1.82) is 0 Å². The largest absolute Gasteiger partial charge is 0.473 e. The molecule has 1 aromatic heterocycles. The normalized spacial score (nSPS) is 7.83. The molecule has 0 N–H and O–H groups in total. The van der Waals surface area contributed by atoms with Gasteiger partial charge in [0.05, 0.1) is 19.6 Å². The van der Waals surface area contributed by atoms with Gasteiger partial charge in [-0.2, -0.15) is 0 Å². The van der Waals surface area contributed by atoms with Crippen molar-refractivity contribution < 1.29 is 13.9 Å². The zero-order chi connectivity index (χ0) is 9.40. The van der Waals surface area contributed by atoms with Gasteiger partial charge in [0, 0.05) is 5.57 Å². The SMILES string of the molecule is C=C(C)C(=O)OC.c1ccoc1. The molecule has 0 unspecified atom stereocenters. The predicted octanol–water partition coefficient (Wildman–Crippen LogP) is 2.02. The van der Waals surface area contributed by atoms with Crippen molar-refractivity contribution in [3.8, 4) is 0 Å². The van der Waals surface area contributed by atoms with Gasteiger partial charge >= 0.3 is 5.97 Å². The maximum absolute atomic E-state index is 10.2. The third-order valence-corrected chi connectivity index (χ3v) is 0.959. The number of rotatable bonds is 1. The minimum Gasteiger partial charge on any atom is -0.473 e. The summed E-state index contributed by atoms with van der Waals surface area (Å²) < 4.78 is 8.86. The van der Waals surface area contributed by atoms with Gasteiger partial charge in [-0.25, -0.2) is 4.79 Å². The second-order valence-corrected chi connectivity index (χ2v) is 2.07. The van der Waals surface area contributed by atoms with Gasteiger partial charge < -0.3 is 9.15 Å². The molecule has 0 atom stereocenters. The highest BCUT2D eigenvalue weighted by Gasteiger charge is 1.95. The third kappa shape index (κ3) is 5.29. The fraction of sp³-hybridized carbons (Fsp3) is 0.222. The molecule has 1 heterocycles. The molecule has 0 saturated carbocycles. The molecule has 12 heavy (non-hydrogen) atoms. The fourth-order valence-corrected chi connectivity index (χ4v) is 0.401. The Balaban J connectivity index is 0.000000211. The van der Waals surface area contributed by atoms with Crippen molar-refractivity contribution in [3.63, 3.8) is 0 Å². The molecule has 0 amide bonds. The second-order valence-electron chi connectivity index (χ2n) is 2.07. The second kappa shape index (κ2) is 6.22. The molecule has 0 fully saturated rings. The first-order valence-electron chi connectivity index (χ1n) is 3.39. The van der Waals surface area contributed by atoms with Gasteiger partial charge in [0.1, 0.15) is 0 Å². The molecule has 1 rings (SSSR count). The van der Waals surface area contributed by atoms with Crippen molar-refractivity contribution in [3.05, 3.63) is 36.8 Å². The zero-order valence-electron chi connectivity index (χ0n) is 7.24. The summed E-state index contributed by atoms with van der Waals surface area (Å²) in [4.78, 5) is 10.2. The first-order chi connectivity index (χ1) is 5.68. The number of methoxy groups -OCH3 is 1. The van der Waals surface area contributed by atoms with Crippen LogP contribution in [0.4, 0.5) is 0 Å². The summed E-state index contributed by atoms with van der Waals surface area (Å²) in [6, 6.07) is 3.67. The summed E-state index contributed by atoms with van der Waals surface area (Å²) in [5.41, 5.74) is 0.433. The molecule has 0 radical (unpaired) electrons. The average molecular weight is 168 g/mol. The van der Waals surface area contributed by atoms with Gasteiger partial charge in [0.25, 0.3) is 0 Å². The van der Waals surface area contributed by atoms with Crippen molar-refractivity contribution in [2.45, 2.75) is 6.92 Å². The fourth-order valence-electron chi connectivity index (χ4n) is 0.401. The molecular weight excluding hydrogens is 156 g/mol. The van der Waals surface area contributed by atoms with E-state index in [1.807, 2.05) is 12.1 Å². The molecular formula is C9H12O3. The van der Waals surface area contributed by atoms with Gasteiger partial charge in [-0.1, -0.05) is 6.58 Å². The van der Waals surface area contributed by atoms with Crippen molar-refractivity contribution in [1.82, 2.24) is 0 Å². The van der Waals surface area contributed by atoms with Crippen LogP contribution < -0.4 is 0 Å². The number of hydrogen-bond donors (Lipinski definition) is 0. The summed E-state index contributed by atoms with van der Waals surface area (Å²) >= 11 is 0. The van der Waals surface area contributed by atoms with Crippen LogP contribution in [-0.4, -0.2) is 13.1 Å². The molecule has 0 bridgehead atoms. The lowest BCUT2D eigenvalue weighted by Gasteiger charge is -1.91. The number of hydrogen-bond acceptors (Lipinski definition) is 3. The van der Waals surface area contributed by atoms with E-state index in [0.29, 0.717) is 5.57 Å². The monoisotopic (exact) mass is 168 g/mol. The highest BCUT2D eigenvalue weighted by Crippen LogP contribution is 1.87. The molecule has 0 spiro atoms. The van der Waals surface area contributed by atoms with E-state index in [2.05, 4.69) is 15.7 Å². The number of esters is 1. The van der Waals surface area contributed by atoms with E-state index in [1.165, 1.54) is 7.11 Å². The van der Waals surface area contributed by atoms with Crippen LogP contribution in [0.15, 0.2) is 41.2 Å². The van der Waals surface area contributed by atoms with E-state index in [9.17, 15) is 4.79 Å². The van der Waals surface area contributed by atoms with Crippen LogP contribution in [0.5, 0.6) is 0 Å². The Morgan fingerprint density at radius 2 is 1.92 bits per heavy atom. The van der Waals surface area contributed by atoms with Crippen LogP contribution in [0.2, 0.25) is 0 Å². The lowest BCUT2D eigenvalue weighted by molar-refractivity contribution is -0.136. The Bertz CT molecular complexity index is 207. The van der Waals surface area contributed by atoms with Crippen molar-refractivity contribution >= 4 is 5.97 Å². The molecule has 0 saturated heterocycles. The van der Waals surface area contributed by atoms with E-state index < -0.39 is 0 Å². The Morgan fingerprint density at radius 1 is 1.42 bits per heavy atom. The van der Waals surface area contributed by atoms with Crippen molar-refractivity contribution in [2.75, 3.05) is 7.11 Å². The van der Waals surface area contributed by atoms with Gasteiger partial charge in [0.15, 0.2) is 0 Å². The molecule has 3 heteroatoms. The molecule has 3 nitrogen and oxygen atoms in total. The number of carbonyl (C=O) groups is 1. The summed E-state index contributed by atoms with van der Waals surface area (Å²) in [5, 5.41) is 0. The molecule has 0 aliphatic heterocycles. The lowest BCUT2D eigenvalue weighted by atomic mass is 10.4. The van der Waals surface area contributed by atoms with Crippen LogP contribution in [0.3, 0.4) is 0 Å². The smallest absolute Gasteiger partial charge is 0.332 e. The van der Waals surface area contributed by atoms with Crippen LogP contribution in [0.25, 0.3) is 0 Å². The van der Waals surface area contributed by atoms with Gasteiger partial charge in [0.2, 0.25) is 0 Å². The average Bonchev–Trinajstić information content (AvgIpc) is 2.59. The third-order valence-electron chi connectivity index (χ3n) is 0.959. The van der Waals surface area contributed by atoms with E-state index in [-0.39, 0.29) is 5.97 Å². The summed E-state index contributed by atoms with van der Waals surface area (Å²) in [6.07, 6.45) is 3.25. The van der Waals surface area contributed by atoms with Crippen LogP contribution in [-0.2, 0) is 9.53 Å². The van der Waals surface area contributed by atoms with E-state index >= 15 is 0 Å². The first kappa shape index (κ1) is 10.5. The maximum atomic E-state index is 10.2. The first-order valence-corrected chi connectivity index (χ1v) is 3.39. The van der Waals surface area contributed by atoms with Crippen LogP contribution >= 0.6 is 0 Å². The summed E-state index contributed by atoms with van der Waals surface area (Å²) in [5.74, 6) is -0.347. The molecule has 66 valence electrons. The van der Waals surface area contributed by atoms with Crippen LogP contribution in [0.1, 0.15) is 6.92 Å². The van der Waals surface area contributed by atoms with Gasteiger partial charge in [-0.15, -0.1) is 0 Å². The molecule has 0 aliphatic carbocycles.